The molecule has 9 heteroatoms. The third-order valence-electron chi connectivity index (χ3n) is 3.94. The van der Waals surface area contributed by atoms with Crippen LogP contribution in [0.15, 0.2) is 16.3 Å². The van der Waals surface area contributed by atoms with E-state index in [9.17, 15) is 13.2 Å². The van der Waals surface area contributed by atoms with Crippen molar-refractivity contribution in [3.63, 3.8) is 0 Å². The van der Waals surface area contributed by atoms with Crippen LogP contribution in [0.25, 0.3) is 0 Å². The van der Waals surface area contributed by atoms with E-state index in [4.69, 9.17) is 0 Å². The number of amides is 1. The average molecular weight is 366 g/mol. The van der Waals surface area contributed by atoms with Crippen molar-refractivity contribution < 1.29 is 13.2 Å². The van der Waals surface area contributed by atoms with E-state index < -0.39 is 10.0 Å². The van der Waals surface area contributed by atoms with Gasteiger partial charge in [-0.2, -0.15) is 4.31 Å². The minimum Gasteiger partial charge on any atom is -0.351 e. The largest absolute Gasteiger partial charge is 0.351 e. The van der Waals surface area contributed by atoms with Gasteiger partial charge in [-0.15, -0.1) is 23.7 Å². The van der Waals surface area contributed by atoms with Gasteiger partial charge in [0.1, 0.15) is 9.77 Å². The molecule has 0 atom stereocenters. The first-order chi connectivity index (χ1) is 10.1. The van der Waals surface area contributed by atoms with Crippen LogP contribution in [0, 0.1) is 5.92 Å². The summed E-state index contributed by atoms with van der Waals surface area (Å²) in [5.41, 5.74) is 0. The fourth-order valence-electron chi connectivity index (χ4n) is 2.54. The summed E-state index contributed by atoms with van der Waals surface area (Å²) in [6, 6.07) is 1.54. The van der Waals surface area contributed by atoms with Crippen molar-refractivity contribution >= 4 is 39.7 Å². The van der Waals surface area contributed by atoms with Gasteiger partial charge in [0.2, 0.25) is 10.0 Å². The first kappa shape index (κ1) is 17.7. The molecule has 1 aromatic heterocycles. The summed E-state index contributed by atoms with van der Waals surface area (Å²) in [6.07, 6.45) is 1.78. The molecule has 6 nitrogen and oxygen atoms in total. The highest BCUT2D eigenvalue weighted by Gasteiger charge is 2.32. The molecule has 1 amide bonds. The molecule has 0 saturated carbocycles. The molecule has 0 unspecified atom stereocenters. The molecule has 2 aliphatic rings. The van der Waals surface area contributed by atoms with Crippen LogP contribution in [-0.4, -0.2) is 51.4 Å². The highest BCUT2D eigenvalue weighted by atomic mass is 35.5. The maximum atomic E-state index is 12.6. The summed E-state index contributed by atoms with van der Waals surface area (Å²) in [6.45, 7) is 3.50. The Balaban J connectivity index is 0.00000176. The maximum absolute atomic E-state index is 12.6. The number of carbonyl (C=O) groups excluding carboxylic acids is 1. The Kier molecular flexibility index (Phi) is 5.84. The van der Waals surface area contributed by atoms with Crippen LogP contribution in [0.3, 0.4) is 0 Å². The topological polar surface area (TPSA) is 78.5 Å². The Morgan fingerprint density at radius 2 is 2.05 bits per heavy atom. The van der Waals surface area contributed by atoms with E-state index in [1.54, 1.807) is 5.38 Å². The van der Waals surface area contributed by atoms with Crippen molar-refractivity contribution in [2.45, 2.75) is 17.7 Å². The van der Waals surface area contributed by atoms with Crippen LogP contribution >= 0.6 is 23.7 Å². The van der Waals surface area contributed by atoms with Crippen molar-refractivity contribution in [1.29, 1.82) is 0 Å². The standard InChI is InChI=1S/C13H19N3O3S2.ClH/c17-13(15-9-10-7-14-8-10)12-11(3-6-20-12)21(18,19)16-4-1-2-5-16;/h3,6,10,14H,1-2,4-5,7-9H2,(H,15,17);1H. The van der Waals surface area contributed by atoms with Gasteiger partial charge in [0, 0.05) is 38.6 Å². The molecule has 0 aromatic carbocycles. The molecule has 2 fully saturated rings. The quantitative estimate of drug-likeness (QED) is 0.812. The Morgan fingerprint density at radius 3 is 2.64 bits per heavy atom. The number of hydrogen-bond donors (Lipinski definition) is 2. The Bertz CT molecular complexity index is 622. The smallest absolute Gasteiger partial charge is 0.262 e. The molecule has 0 radical (unpaired) electrons. The molecule has 3 rings (SSSR count). The van der Waals surface area contributed by atoms with Gasteiger partial charge in [0.15, 0.2) is 0 Å². The highest BCUT2D eigenvalue weighted by molar-refractivity contribution is 7.89. The molecule has 1 aromatic rings. The van der Waals surface area contributed by atoms with Gasteiger partial charge in [0.05, 0.1) is 0 Å². The molecule has 0 bridgehead atoms. The van der Waals surface area contributed by atoms with Gasteiger partial charge in [-0.3, -0.25) is 4.79 Å². The number of hydrogen-bond acceptors (Lipinski definition) is 5. The molecule has 124 valence electrons. The van der Waals surface area contributed by atoms with Crippen LogP contribution < -0.4 is 10.6 Å². The van der Waals surface area contributed by atoms with Gasteiger partial charge >= 0.3 is 0 Å². The molecule has 2 aliphatic heterocycles. The summed E-state index contributed by atoms with van der Waals surface area (Å²) >= 11 is 1.19. The van der Waals surface area contributed by atoms with Crippen molar-refractivity contribution in [2.75, 3.05) is 32.7 Å². The third kappa shape index (κ3) is 3.46. The number of thiophene rings is 1. The highest BCUT2D eigenvalue weighted by Crippen LogP contribution is 2.27. The van der Waals surface area contributed by atoms with Gasteiger partial charge in [-0.05, 0) is 24.3 Å². The van der Waals surface area contributed by atoms with E-state index in [2.05, 4.69) is 10.6 Å². The van der Waals surface area contributed by atoms with E-state index in [1.165, 1.54) is 21.7 Å². The number of nitrogens with zero attached hydrogens (tertiary/aromatic N) is 1. The minimum absolute atomic E-state index is 0. The summed E-state index contributed by atoms with van der Waals surface area (Å²) < 4.78 is 26.6. The average Bonchev–Trinajstić information content (AvgIpc) is 3.08. The van der Waals surface area contributed by atoms with Gasteiger partial charge in [0.25, 0.3) is 5.91 Å². The Labute approximate surface area is 140 Å². The van der Waals surface area contributed by atoms with E-state index in [-0.39, 0.29) is 23.2 Å². The normalized spacial score (nSPS) is 19.5. The van der Waals surface area contributed by atoms with E-state index in [0.717, 1.165) is 25.9 Å². The lowest BCUT2D eigenvalue weighted by molar-refractivity contribution is 0.0943. The lowest BCUT2D eigenvalue weighted by atomic mass is 10.0. The van der Waals surface area contributed by atoms with Crippen LogP contribution in [0.1, 0.15) is 22.5 Å². The predicted octanol–water partition coefficient (Wildman–Crippen LogP) is 0.904. The van der Waals surface area contributed by atoms with Crippen LogP contribution in [0.2, 0.25) is 0 Å². The first-order valence-corrected chi connectivity index (χ1v) is 9.47. The maximum Gasteiger partial charge on any atom is 0.262 e. The fourth-order valence-corrected chi connectivity index (χ4v) is 5.38. The Hall–Kier alpha value is -0.670. The summed E-state index contributed by atoms with van der Waals surface area (Å²) in [5, 5.41) is 7.65. The molecule has 3 heterocycles. The molecular formula is C13H20ClN3O3S2. The zero-order valence-electron chi connectivity index (χ0n) is 12.1. The summed E-state index contributed by atoms with van der Waals surface area (Å²) in [5.74, 6) is 0.169. The zero-order valence-corrected chi connectivity index (χ0v) is 14.5. The minimum atomic E-state index is -3.53. The second kappa shape index (κ2) is 7.27. The van der Waals surface area contributed by atoms with E-state index in [1.807, 2.05) is 0 Å². The van der Waals surface area contributed by atoms with Crippen molar-refractivity contribution in [2.24, 2.45) is 5.92 Å². The SMILES string of the molecule is Cl.O=C(NCC1CNC1)c1sccc1S(=O)(=O)N1CCCC1. The lowest BCUT2D eigenvalue weighted by Crippen LogP contribution is -2.48. The lowest BCUT2D eigenvalue weighted by Gasteiger charge is -2.27. The first-order valence-electron chi connectivity index (χ1n) is 7.15. The number of nitrogens with one attached hydrogen (secondary N) is 2. The fraction of sp³-hybridized carbons (Fsp3) is 0.615. The van der Waals surface area contributed by atoms with Gasteiger partial charge < -0.3 is 10.6 Å². The predicted molar refractivity (Wildman–Crippen MR) is 88.3 cm³/mol. The van der Waals surface area contributed by atoms with Gasteiger partial charge in [-0.25, -0.2) is 8.42 Å². The van der Waals surface area contributed by atoms with E-state index >= 15 is 0 Å². The summed E-state index contributed by atoms with van der Waals surface area (Å²) in [7, 11) is -3.53. The number of sulfonamides is 1. The molecule has 2 saturated heterocycles. The monoisotopic (exact) mass is 365 g/mol. The number of rotatable bonds is 5. The molecular weight excluding hydrogens is 346 g/mol. The van der Waals surface area contributed by atoms with Crippen molar-refractivity contribution in [1.82, 2.24) is 14.9 Å². The second-order valence-electron chi connectivity index (χ2n) is 5.46. The van der Waals surface area contributed by atoms with Crippen LogP contribution in [0.5, 0.6) is 0 Å². The second-order valence-corrected chi connectivity index (χ2v) is 8.28. The van der Waals surface area contributed by atoms with Crippen molar-refractivity contribution in [3.05, 3.63) is 16.3 Å². The number of carbonyl (C=O) groups is 1. The molecule has 22 heavy (non-hydrogen) atoms. The number of halogens is 1. The molecule has 0 spiro atoms. The van der Waals surface area contributed by atoms with Crippen LogP contribution in [0.4, 0.5) is 0 Å². The Morgan fingerprint density at radius 1 is 1.36 bits per heavy atom. The zero-order chi connectivity index (χ0) is 14.9. The summed E-state index contributed by atoms with van der Waals surface area (Å²) in [4.78, 5) is 12.7. The molecule has 0 aliphatic carbocycles. The van der Waals surface area contributed by atoms with Crippen LogP contribution in [-0.2, 0) is 10.0 Å². The van der Waals surface area contributed by atoms with Crippen molar-refractivity contribution in [3.8, 4) is 0 Å². The van der Waals surface area contributed by atoms with E-state index in [0.29, 0.717) is 30.4 Å². The third-order valence-corrected chi connectivity index (χ3v) is 6.92. The van der Waals surface area contributed by atoms with Gasteiger partial charge in [-0.1, -0.05) is 0 Å². The molecule has 2 N–H and O–H groups in total.